The molecule has 0 saturated heterocycles. The second kappa shape index (κ2) is 6.41. The summed E-state index contributed by atoms with van der Waals surface area (Å²) < 4.78 is 0. The smallest absolute Gasteiger partial charge is 0.0296 e. The van der Waals surface area contributed by atoms with Crippen LogP contribution in [0.1, 0.15) is 0 Å². The lowest BCUT2D eigenvalue weighted by Gasteiger charge is -2.20. The Bertz CT molecular complexity index is 920. The summed E-state index contributed by atoms with van der Waals surface area (Å²) in [6.07, 6.45) is 0. The fourth-order valence-electron chi connectivity index (χ4n) is 3.00. The predicted octanol–water partition coefficient (Wildman–Crippen LogP) is 6.74. The van der Waals surface area contributed by atoms with Crippen molar-refractivity contribution in [2.75, 3.05) is 0 Å². The Hall–Kier alpha value is -1.73. The molecule has 0 fully saturated rings. The van der Waals surface area contributed by atoms with Crippen LogP contribution in [0.15, 0.2) is 94.7 Å². The average molecular weight is 350 g/mol. The summed E-state index contributed by atoms with van der Waals surface area (Å²) in [5.41, 5.74) is 0. The molecule has 0 aliphatic rings. The summed E-state index contributed by atoms with van der Waals surface area (Å²) >= 11 is 5.56. The minimum Gasteiger partial charge on any atom is -0.144 e. The summed E-state index contributed by atoms with van der Waals surface area (Å²) in [5.74, 6) is 0. The third-order valence-electron chi connectivity index (χ3n) is 4.07. The highest BCUT2D eigenvalue weighted by Gasteiger charge is 2.13. The van der Waals surface area contributed by atoms with Crippen molar-refractivity contribution < 1.29 is 0 Å². The van der Waals surface area contributed by atoms with E-state index < -0.39 is 10.5 Å². The molecule has 112 valence electrons. The van der Waals surface area contributed by atoms with E-state index in [1.807, 2.05) is 0 Å². The van der Waals surface area contributed by atoms with Crippen LogP contribution >= 0.6 is 17.1 Å². The molecule has 0 aromatic heterocycles. The largest absolute Gasteiger partial charge is 0.144 e. The molecule has 0 unspecified atom stereocenters. The number of hydrogen-bond acceptors (Lipinski definition) is 1. The third kappa shape index (κ3) is 2.68. The molecular formula is C20H15PS2. The molecule has 0 spiro atoms. The highest BCUT2D eigenvalue weighted by atomic mass is 32.9. The number of benzene rings is 4. The van der Waals surface area contributed by atoms with Gasteiger partial charge in [-0.15, -0.1) is 10.5 Å². The second-order valence-corrected chi connectivity index (χ2v) is 10.3. The van der Waals surface area contributed by atoms with Crippen molar-refractivity contribution in [3.63, 3.8) is 0 Å². The van der Waals surface area contributed by atoms with Crippen molar-refractivity contribution in [2.24, 2.45) is 0 Å². The first-order valence-electron chi connectivity index (χ1n) is 7.47. The van der Waals surface area contributed by atoms with Gasteiger partial charge in [0, 0.05) is 16.3 Å². The Balaban J connectivity index is 1.99. The molecule has 0 bridgehead atoms. The Morgan fingerprint density at radius 3 is 1.48 bits per heavy atom. The quantitative estimate of drug-likeness (QED) is 0.315. The van der Waals surface area contributed by atoms with Crippen LogP contribution in [0, 0.1) is 0 Å². The lowest BCUT2D eigenvalue weighted by atomic mass is 10.1. The molecule has 0 nitrogen and oxygen atoms in total. The van der Waals surface area contributed by atoms with Gasteiger partial charge in [0.25, 0.3) is 0 Å². The van der Waals surface area contributed by atoms with Crippen LogP contribution in [0.3, 0.4) is 0 Å². The van der Waals surface area contributed by atoms with Gasteiger partial charge in [0.1, 0.15) is 0 Å². The van der Waals surface area contributed by atoms with Crippen LogP contribution in [0.5, 0.6) is 0 Å². The van der Waals surface area contributed by atoms with Gasteiger partial charge in [-0.1, -0.05) is 72.8 Å². The standard InChI is InChI=1S/C20H15PS2/c22-21-23(19-13-5-9-15-7-1-3-11-17(15)19)20-14-6-10-16-8-2-4-12-18(16)20/h1-14,23H. The van der Waals surface area contributed by atoms with E-state index in [0.29, 0.717) is 0 Å². The molecule has 0 aliphatic carbocycles. The Labute approximate surface area is 145 Å². The number of fused-ring (bicyclic) bond motifs is 2. The number of rotatable bonds is 3. The van der Waals surface area contributed by atoms with Crippen molar-refractivity contribution in [1.29, 1.82) is 0 Å². The highest BCUT2D eigenvalue weighted by molar-refractivity contribution is 8.67. The zero-order chi connectivity index (χ0) is 15.6. The SMILES string of the molecule is S=P[SH](c1cccc2ccccc12)c1cccc2ccccc12. The van der Waals surface area contributed by atoms with Gasteiger partial charge in [-0.3, -0.25) is 0 Å². The third-order valence-corrected chi connectivity index (χ3v) is 9.18. The molecule has 4 rings (SSSR count). The molecule has 23 heavy (non-hydrogen) atoms. The molecule has 0 heterocycles. The minimum absolute atomic E-state index is 0.561. The van der Waals surface area contributed by atoms with Gasteiger partial charge >= 0.3 is 0 Å². The maximum atomic E-state index is 5.56. The van der Waals surface area contributed by atoms with Crippen LogP contribution in [0.4, 0.5) is 0 Å². The molecule has 0 radical (unpaired) electrons. The zero-order valence-electron chi connectivity index (χ0n) is 12.4. The van der Waals surface area contributed by atoms with E-state index in [-0.39, 0.29) is 0 Å². The van der Waals surface area contributed by atoms with Crippen LogP contribution in [-0.4, -0.2) is 0 Å². The monoisotopic (exact) mass is 350 g/mol. The fraction of sp³-hybridized carbons (Fsp3) is 0. The molecule has 0 saturated carbocycles. The van der Waals surface area contributed by atoms with Gasteiger partial charge < -0.3 is 0 Å². The van der Waals surface area contributed by atoms with Crippen LogP contribution in [0.2, 0.25) is 0 Å². The predicted molar refractivity (Wildman–Crippen MR) is 108 cm³/mol. The summed E-state index contributed by atoms with van der Waals surface area (Å²) in [4.78, 5) is 2.76. The normalized spacial score (nSPS) is 11.9. The van der Waals surface area contributed by atoms with Gasteiger partial charge in [0.05, 0.1) is 0 Å². The molecule has 3 heteroatoms. The first kappa shape index (κ1) is 14.8. The lowest BCUT2D eigenvalue weighted by Crippen LogP contribution is -1.84. The first-order valence-corrected chi connectivity index (χ1v) is 11.4. The summed E-state index contributed by atoms with van der Waals surface area (Å²) in [6.45, 7) is 1.02. The minimum atomic E-state index is -0.561. The molecule has 4 aromatic carbocycles. The average Bonchev–Trinajstić information content (AvgIpc) is 2.63. The summed E-state index contributed by atoms with van der Waals surface area (Å²) in [7, 11) is -0.561. The summed E-state index contributed by atoms with van der Waals surface area (Å²) in [5, 5.41) is 5.23. The van der Waals surface area contributed by atoms with Crippen molar-refractivity contribution >= 4 is 50.4 Å². The molecule has 0 aliphatic heterocycles. The summed E-state index contributed by atoms with van der Waals surface area (Å²) in [6, 6.07) is 30.3. The van der Waals surface area contributed by atoms with E-state index in [0.717, 1.165) is 6.56 Å². The fourth-order valence-corrected chi connectivity index (χ4v) is 7.91. The Kier molecular flexibility index (Phi) is 4.13. The molecule has 0 N–H and O–H groups in total. The highest BCUT2D eigenvalue weighted by Crippen LogP contribution is 2.57. The van der Waals surface area contributed by atoms with Gasteiger partial charge in [-0.25, -0.2) is 0 Å². The van der Waals surface area contributed by atoms with Gasteiger partial charge in [0.2, 0.25) is 0 Å². The van der Waals surface area contributed by atoms with Crippen molar-refractivity contribution in [3.05, 3.63) is 84.9 Å². The molecular weight excluding hydrogens is 335 g/mol. The van der Waals surface area contributed by atoms with Crippen LogP contribution < -0.4 is 0 Å². The maximum Gasteiger partial charge on any atom is 0.0296 e. The van der Waals surface area contributed by atoms with E-state index in [4.69, 9.17) is 11.8 Å². The van der Waals surface area contributed by atoms with E-state index in [1.54, 1.807) is 0 Å². The molecule has 0 atom stereocenters. The van der Waals surface area contributed by atoms with Crippen molar-refractivity contribution in [2.45, 2.75) is 9.79 Å². The zero-order valence-corrected chi connectivity index (χ0v) is 15.0. The maximum absolute atomic E-state index is 5.56. The van der Waals surface area contributed by atoms with E-state index in [1.165, 1.54) is 31.3 Å². The van der Waals surface area contributed by atoms with E-state index in [9.17, 15) is 0 Å². The number of thiol groups is 1. The first-order chi connectivity index (χ1) is 11.4. The van der Waals surface area contributed by atoms with Gasteiger partial charge in [-0.05, 0) is 45.5 Å². The van der Waals surface area contributed by atoms with Crippen LogP contribution in [-0.2, 0) is 11.8 Å². The second-order valence-electron chi connectivity index (χ2n) is 5.39. The van der Waals surface area contributed by atoms with Crippen LogP contribution in [0.25, 0.3) is 21.5 Å². The van der Waals surface area contributed by atoms with E-state index >= 15 is 0 Å². The van der Waals surface area contributed by atoms with Gasteiger partial charge in [0.15, 0.2) is 0 Å². The van der Waals surface area contributed by atoms with Crippen molar-refractivity contribution in [1.82, 2.24) is 0 Å². The van der Waals surface area contributed by atoms with Crippen molar-refractivity contribution in [3.8, 4) is 0 Å². The lowest BCUT2D eigenvalue weighted by molar-refractivity contribution is 1.48. The molecule has 0 amide bonds. The Morgan fingerprint density at radius 1 is 0.565 bits per heavy atom. The Morgan fingerprint density at radius 2 is 1.00 bits per heavy atom. The topological polar surface area (TPSA) is 0 Å². The van der Waals surface area contributed by atoms with Gasteiger partial charge in [-0.2, -0.15) is 0 Å². The molecule has 4 aromatic rings. The van der Waals surface area contributed by atoms with E-state index in [2.05, 4.69) is 84.9 Å². The number of hydrogen-bond donors (Lipinski definition) is 1.